The Bertz CT molecular complexity index is 695. The number of nitrogen functional groups attached to an aromatic ring is 1. The molecular formula is C13H10BrF3N2O. The first kappa shape index (κ1) is 14.6. The molecule has 0 aliphatic rings. The number of benzene rings is 1. The Kier molecular flexibility index (Phi) is 3.89. The van der Waals surface area contributed by atoms with Gasteiger partial charge in [0.15, 0.2) is 0 Å². The van der Waals surface area contributed by atoms with Crippen LogP contribution in [0.5, 0.6) is 0 Å². The zero-order valence-corrected chi connectivity index (χ0v) is 11.7. The van der Waals surface area contributed by atoms with Gasteiger partial charge in [-0.15, -0.1) is 0 Å². The van der Waals surface area contributed by atoms with Gasteiger partial charge in [-0.25, -0.2) is 0 Å². The number of anilines is 1. The van der Waals surface area contributed by atoms with Crippen LogP contribution in [-0.2, 0) is 12.7 Å². The summed E-state index contributed by atoms with van der Waals surface area (Å²) in [5.74, 6) is 0. The zero-order chi connectivity index (χ0) is 14.9. The van der Waals surface area contributed by atoms with Crippen LogP contribution in [0, 0.1) is 0 Å². The summed E-state index contributed by atoms with van der Waals surface area (Å²) in [6.07, 6.45) is -3.67. The molecule has 3 nitrogen and oxygen atoms in total. The van der Waals surface area contributed by atoms with E-state index in [4.69, 9.17) is 5.73 Å². The predicted molar refractivity (Wildman–Crippen MR) is 73.4 cm³/mol. The lowest BCUT2D eigenvalue weighted by Gasteiger charge is -2.11. The van der Waals surface area contributed by atoms with E-state index in [2.05, 4.69) is 15.9 Å². The molecule has 0 aliphatic heterocycles. The van der Waals surface area contributed by atoms with Gasteiger partial charge in [-0.2, -0.15) is 13.2 Å². The van der Waals surface area contributed by atoms with E-state index in [1.165, 1.54) is 0 Å². The number of aromatic nitrogens is 1. The summed E-state index contributed by atoms with van der Waals surface area (Å²) in [5.41, 5.74) is 5.44. The van der Waals surface area contributed by atoms with Gasteiger partial charge in [0.25, 0.3) is 5.56 Å². The smallest absolute Gasteiger partial charge is 0.398 e. The first-order valence-corrected chi connectivity index (χ1v) is 6.38. The molecule has 0 atom stereocenters. The van der Waals surface area contributed by atoms with Crippen molar-refractivity contribution in [1.82, 2.24) is 4.57 Å². The van der Waals surface area contributed by atoms with Crippen molar-refractivity contribution in [2.45, 2.75) is 12.7 Å². The Hall–Kier alpha value is -1.76. The standard InChI is InChI=1S/C13H10BrF3N2O/c14-10-3-1-8(5-11(10)18)6-19-7-9(13(15,16)17)2-4-12(19)20/h1-5,7H,6,18H2. The van der Waals surface area contributed by atoms with Crippen LogP contribution in [0.2, 0.25) is 0 Å². The molecule has 20 heavy (non-hydrogen) atoms. The zero-order valence-electron chi connectivity index (χ0n) is 10.1. The largest absolute Gasteiger partial charge is 0.417 e. The Morgan fingerprint density at radius 3 is 2.50 bits per heavy atom. The molecule has 106 valence electrons. The lowest BCUT2D eigenvalue weighted by molar-refractivity contribution is -0.138. The third-order valence-corrected chi connectivity index (χ3v) is 3.45. The quantitative estimate of drug-likeness (QED) is 0.848. The highest BCUT2D eigenvalue weighted by atomic mass is 79.9. The number of nitrogens with two attached hydrogens (primary N) is 1. The number of pyridine rings is 1. The number of rotatable bonds is 2. The summed E-state index contributed by atoms with van der Waals surface area (Å²) >= 11 is 3.22. The van der Waals surface area contributed by atoms with E-state index in [9.17, 15) is 18.0 Å². The number of hydrogen-bond donors (Lipinski definition) is 1. The molecule has 2 aromatic rings. The van der Waals surface area contributed by atoms with Crippen molar-refractivity contribution in [3.63, 3.8) is 0 Å². The highest BCUT2D eigenvalue weighted by molar-refractivity contribution is 9.10. The fraction of sp³-hybridized carbons (Fsp3) is 0.154. The van der Waals surface area contributed by atoms with E-state index in [1.54, 1.807) is 18.2 Å². The molecule has 7 heteroatoms. The molecule has 0 radical (unpaired) electrons. The van der Waals surface area contributed by atoms with E-state index in [-0.39, 0.29) is 6.54 Å². The van der Waals surface area contributed by atoms with Gasteiger partial charge in [0.2, 0.25) is 0 Å². The highest BCUT2D eigenvalue weighted by Crippen LogP contribution is 2.28. The monoisotopic (exact) mass is 346 g/mol. The minimum atomic E-state index is -4.48. The Labute approximate surface area is 121 Å². The average molecular weight is 347 g/mol. The molecule has 0 saturated carbocycles. The maximum Gasteiger partial charge on any atom is 0.417 e. The third-order valence-electron chi connectivity index (χ3n) is 2.72. The van der Waals surface area contributed by atoms with E-state index in [0.717, 1.165) is 22.9 Å². The van der Waals surface area contributed by atoms with E-state index < -0.39 is 17.3 Å². The topological polar surface area (TPSA) is 48.0 Å². The van der Waals surface area contributed by atoms with Gasteiger partial charge in [-0.1, -0.05) is 6.07 Å². The Morgan fingerprint density at radius 1 is 1.20 bits per heavy atom. The molecule has 0 unspecified atom stereocenters. The van der Waals surface area contributed by atoms with Gasteiger partial charge in [0.05, 0.1) is 12.1 Å². The van der Waals surface area contributed by atoms with Crippen molar-refractivity contribution in [2.75, 3.05) is 5.73 Å². The van der Waals surface area contributed by atoms with Crippen molar-refractivity contribution < 1.29 is 13.2 Å². The molecule has 2 N–H and O–H groups in total. The van der Waals surface area contributed by atoms with Gasteiger partial charge >= 0.3 is 6.18 Å². The predicted octanol–water partition coefficient (Wildman–Crippen LogP) is 3.26. The molecule has 0 spiro atoms. The fourth-order valence-electron chi connectivity index (χ4n) is 1.71. The van der Waals surface area contributed by atoms with Crippen LogP contribution in [0.15, 0.2) is 45.8 Å². The van der Waals surface area contributed by atoms with E-state index in [1.807, 2.05) is 0 Å². The molecule has 0 fully saturated rings. The molecule has 1 aromatic heterocycles. The highest BCUT2D eigenvalue weighted by Gasteiger charge is 2.31. The first-order chi connectivity index (χ1) is 9.27. The minimum Gasteiger partial charge on any atom is -0.398 e. The summed E-state index contributed by atoms with van der Waals surface area (Å²) in [5, 5.41) is 0. The summed E-state index contributed by atoms with van der Waals surface area (Å²) in [6.45, 7) is 0.0280. The second kappa shape index (κ2) is 5.32. The fourth-order valence-corrected chi connectivity index (χ4v) is 1.96. The maximum atomic E-state index is 12.6. The average Bonchev–Trinajstić information content (AvgIpc) is 2.35. The molecule has 1 heterocycles. The van der Waals surface area contributed by atoms with Crippen LogP contribution in [0.25, 0.3) is 0 Å². The summed E-state index contributed by atoms with van der Waals surface area (Å²) in [4.78, 5) is 11.6. The molecule has 2 rings (SSSR count). The van der Waals surface area contributed by atoms with Gasteiger partial charge in [-0.05, 0) is 39.7 Å². The first-order valence-electron chi connectivity index (χ1n) is 5.59. The van der Waals surface area contributed by atoms with Crippen LogP contribution in [0.4, 0.5) is 18.9 Å². The van der Waals surface area contributed by atoms with Crippen LogP contribution in [0.3, 0.4) is 0 Å². The van der Waals surface area contributed by atoms with Crippen molar-refractivity contribution in [1.29, 1.82) is 0 Å². The van der Waals surface area contributed by atoms with Crippen LogP contribution in [0.1, 0.15) is 11.1 Å². The van der Waals surface area contributed by atoms with Gasteiger partial charge in [0.1, 0.15) is 0 Å². The molecular weight excluding hydrogens is 337 g/mol. The number of halogens is 4. The van der Waals surface area contributed by atoms with Gasteiger partial charge < -0.3 is 10.3 Å². The van der Waals surface area contributed by atoms with Gasteiger partial charge in [0, 0.05) is 22.4 Å². The normalized spacial score (nSPS) is 11.6. The molecule has 0 bridgehead atoms. The summed E-state index contributed by atoms with van der Waals surface area (Å²) < 4.78 is 39.5. The molecule has 1 aromatic carbocycles. The second-order valence-electron chi connectivity index (χ2n) is 4.24. The second-order valence-corrected chi connectivity index (χ2v) is 5.09. The summed E-state index contributed by atoms with van der Waals surface area (Å²) in [6, 6.07) is 6.66. The van der Waals surface area contributed by atoms with E-state index >= 15 is 0 Å². The number of hydrogen-bond acceptors (Lipinski definition) is 2. The van der Waals surface area contributed by atoms with Crippen molar-refractivity contribution >= 4 is 21.6 Å². The van der Waals surface area contributed by atoms with Crippen molar-refractivity contribution in [2.24, 2.45) is 0 Å². The maximum absolute atomic E-state index is 12.6. The SMILES string of the molecule is Nc1cc(Cn2cc(C(F)(F)F)ccc2=O)ccc1Br. The van der Waals surface area contributed by atoms with Crippen LogP contribution < -0.4 is 11.3 Å². The van der Waals surface area contributed by atoms with Crippen LogP contribution >= 0.6 is 15.9 Å². The van der Waals surface area contributed by atoms with Crippen molar-refractivity contribution in [3.8, 4) is 0 Å². The number of alkyl halides is 3. The minimum absolute atomic E-state index is 0.0280. The van der Waals surface area contributed by atoms with Crippen LogP contribution in [-0.4, -0.2) is 4.57 Å². The number of nitrogens with zero attached hydrogens (tertiary/aromatic N) is 1. The third kappa shape index (κ3) is 3.22. The molecule has 0 saturated heterocycles. The van der Waals surface area contributed by atoms with Crippen molar-refractivity contribution in [3.05, 3.63) is 62.5 Å². The summed E-state index contributed by atoms with van der Waals surface area (Å²) in [7, 11) is 0. The van der Waals surface area contributed by atoms with E-state index in [0.29, 0.717) is 15.7 Å². The lowest BCUT2D eigenvalue weighted by atomic mass is 10.2. The molecule has 0 aliphatic carbocycles. The molecule has 0 amide bonds. The lowest BCUT2D eigenvalue weighted by Crippen LogP contribution is -2.21. The Balaban J connectivity index is 2.38. The van der Waals surface area contributed by atoms with Gasteiger partial charge in [-0.3, -0.25) is 4.79 Å². The Morgan fingerprint density at radius 2 is 1.90 bits per heavy atom.